The van der Waals surface area contributed by atoms with Crippen molar-refractivity contribution < 1.29 is 0 Å². The van der Waals surface area contributed by atoms with Crippen molar-refractivity contribution in [2.75, 3.05) is 0 Å². The number of hydrogen-bond acceptors (Lipinski definition) is 0. The number of unbranched alkanes of at least 4 members (excludes halogenated alkanes) is 11. The fraction of sp³-hybridized carbons (Fsp3) is 0.778. The Morgan fingerprint density at radius 1 is 0.722 bits per heavy atom. The van der Waals surface area contributed by atoms with Crippen LogP contribution in [-0.2, 0) is 0 Å². The molecular weight excluding hydrogens is 216 g/mol. The molecule has 0 aliphatic heterocycles. The highest BCUT2D eigenvalue weighted by Gasteiger charge is 1.88. The lowest BCUT2D eigenvalue weighted by Gasteiger charge is -1.97. The molecule has 0 aromatic heterocycles. The second kappa shape index (κ2) is 16.3. The van der Waals surface area contributed by atoms with Crippen molar-refractivity contribution in [3.05, 3.63) is 12.7 Å². The molecule has 0 saturated carbocycles. The summed E-state index contributed by atoms with van der Waals surface area (Å²) in [6.45, 7) is 6.00. The Labute approximate surface area is 115 Å². The first-order valence-electron chi connectivity index (χ1n) is 7.98. The van der Waals surface area contributed by atoms with Gasteiger partial charge in [0.25, 0.3) is 0 Å². The van der Waals surface area contributed by atoms with Gasteiger partial charge in [0.05, 0.1) is 0 Å². The van der Waals surface area contributed by atoms with Gasteiger partial charge in [0.2, 0.25) is 0 Å². The van der Waals surface area contributed by atoms with Crippen LogP contribution in [0.5, 0.6) is 0 Å². The minimum atomic E-state index is 1.10. The van der Waals surface area contributed by atoms with E-state index in [9.17, 15) is 0 Å². The molecule has 18 heavy (non-hydrogen) atoms. The number of rotatable bonds is 12. The van der Waals surface area contributed by atoms with Crippen molar-refractivity contribution in [1.29, 1.82) is 0 Å². The molecule has 0 aliphatic carbocycles. The van der Waals surface area contributed by atoms with Gasteiger partial charge in [0.15, 0.2) is 0 Å². The molecule has 0 N–H and O–H groups in total. The monoisotopic (exact) mass is 248 g/mol. The quantitative estimate of drug-likeness (QED) is 0.217. The van der Waals surface area contributed by atoms with Crippen LogP contribution in [-0.4, -0.2) is 0 Å². The van der Waals surface area contributed by atoms with Crippen LogP contribution in [0.2, 0.25) is 0 Å². The summed E-state index contributed by atoms with van der Waals surface area (Å²) in [6.07, 6.45) is 18.9. The third-order valence-electron chi connectivity index (χ3n) is 3.24. The third kappa shape index (κ3) is 15.3. The molecule has 0 aromatic carbocycles. The lowest BCUT2D eigenvalue weighted by Crippen LogP contribution is -1.78. The molecule has 0 spiro atoms. The highest BCUT2D eigenvalue weighted by atomic mass is 13.9. The van der Waals surface area contributed by atoms with E-state index in [-0.39, 0.29) is 0 Å². The summed E-state index contributed by atoms with van der Waals surface area (Å²) in [4.78, 5) is 0. The van der Waals surface area contributed by atoms with Crippen LogP contribution in [0.1, 0.15) is 90.4 Å². The summed E-state index contributed by atoms with van der Waals surface area (Å²) >= 11 is 0. The lowest BCUT2D eigenvalue weighted by atomic mass is 10.1. The van der Waals surface area contributed by atoms with Crippen LogP contribution in [0.15, 0.2) is 12.7 Å². The minimum absolute atomic E-state index is 1.10. The second-order valence-electron chi connectivity index (χ2n) is 5.11. The maximum atomic E-state index is 3.74. The molecule has 0 amide bonds. The van der Waals surface area contributed by atoms with Gasteiger partial charge in [-0.15, -0.1) is 18.4 Å². The van der Waals surface area contributed by atoms with Crippen LogP contribution in [0.4, 0.5) is 0 Å². The zero-order valence-electron chi connectivity index (χ0n) is 12.5. The Bertz CT molecular complexity index is 216. The molecular formula is C18H32. The van der Waals surface area contributed by atoms with Gasteiger partial charge in [-0.3, -0.25) is 0 Å². The van der Waals surface area contributed by atoms with E-state index in [2.05, 4.69) is 25.3 Å². The second-order valence-corrected chi connectivity index (χ2v) is 5.11. The predicted octanol–water partition coefficient (Wildman–Crippen LogP) is 6.27. The Morgan fingerprint density at radius 3 is 1.78 bits per heavy atom. The van der Waals surface area contributed by atoms with E-state index < -0.39 is 0 Å². The van der Waals surface area contributed by atoms with Gasteiger partial charge in [0, 0.05) is 12.8 Å². The SMILES string of the molecule is C=CCCCCCCC#CCCCCCCCC. The van der Waals surface area contributed by atoms with Crippen molar-refractivity contribution in [2.45, 2.75) is 90.4 Å². The Kier molecular flexibility index (Phi) is 15.7. The molecule has 0 saturated heterocycles. The van der Waals surface area contributed by atoms with Gasteiger partial charge in [-0.2, -0.15) is 0 Å². The molecule has 0 rings (SSSR count). The minimum Gasteiger partial charge on any atom is -0.103 e. The highest BCUT2D eigenvalue weighted by molar-refractivity contribution is 4.98. The summed E-state index contributed by atoms with van der Waals surface area (Å²) < 4.78 is 0. The maximum absolute atomic E-state index is 3.74. The molecule has 0 aliphatic rings. The molecule has 0 bridgehead atoms. The molecule has 0 fully saturated rings. The first-order chi connectivity index (χ1) is 8.91. The number of allylic oxidation sites excluding steroid dienone is 1. The summed E-state index contributed by atoms with van der Waals surface area (Å²) in [5.41, 5.74) is 0. The largest absolute Gasteiger partial charge is 0.103 e. The fourth-order valence-corrected chi connectivity index (χ4v) is 2.03. The maximum Gasteiger partial charge on any atom is 0.00886 e. The van der Waals surface area contributed by atoms with Crippen molar-refractivity contribution in [3.8, 4) is 11.8 Å². The Balaban J connectivity index is 3.07. The summed E-state index contributed by atoms with van der Waals surface area (Å²) in [5.74, 6) is 6.62. The van der Waals surface area contributed by atoms with Gasteiger partial charge in [-0.05, 0) is 25.7 Å². The zero-order chi connectivity index (χ0) is 13.3. The standard InChI is InChI=1S/C18H32/c1-3-5-7-9-11-13-15-17-18-16-14-12-10-8-6-4-2/h3H,1,4-16H2,2H3. The van der Waals surface area contributed by atoms with Crippen molar-refractivity contribution in [3.63, 3.8) is 0 Å². The molecule has 0 aromatic rings. The van der Waals surface area contributed by atoms with E-state index in [1.54, 1.807) is 0 Å². The van der Waals surface area contributed by atoms with Gasteiger partial charge in [0.1, 0.15) is 0 Å². The number of hydrogen-bond donors (Lipinski definition) is 0. The van der Waals surface area contributed by atoms with Gasteiger partial charge < -0.3 is 0 Å². The van der Waals surface area contributed by atoms with E-state index in [1.165, 1.54) is 70.6 Å². The predicted molar refractivity (Wildman–Crippen MR) is 83.7 cm³/mol. The first kappa shape index (κ1) is 17.3. The average molecular weight is 248 g/mol. The normalized spacial score (nSPS) is 9.83. The van der Waals surface area contributed by atoms with Gasteiger partial charge in [-0.1, -0.05) is 57.9 Å². The molecule has 0 radical (unpaired) electrons. The van der Waals surface area contributed by atoms with Gasteiger partial charge >= 0.3 is 0 Å². The van der Waals surface area contributed by atoms with E-state index in [1.807, 2.05) is 6.08 Å². The third-order valence-corrected chi connectivity index (χ3v) is 3.24. The molecule has 0 atom stereocenters. The summed E-state index contributed by atoms with van der Waals surface area (Å²) in [5, 5.41) is 0. The topological polar surface area (TPSA) is 0 Å². The smallest absolute Gasteiger partial charge is 0.00886 e. The average Bonchev–Trinajstić information content (AvgIpc) is 2.39. The molecule has 0 heterocycles. The van der Waals surface area contributed by atoms with Crippen LogP contribution >= 0.6 is 0 Å². The Hall–Kier alpha value is -0.700. The zero-order valence-corrected chi connectivity index (χ0v) is 12.5. The first-order valence-corrected chi connectivity index (χ1v) is 7.98. The highest BCUT2D eigenvalue weighted by Crippen LogP contribution is 2.07. The van der Waals surface area contributed by atoms with E-state index in [0.29, 0.717) is 0 Å². The molecule has 104 valence electrons. The van der Waals surface area contributed by atoms with E-state index >= 15 is 0 Å². The summed E-state index contributed by atoms with van der Waals surface area (Å²) in [7, 11) is 0. The lowest BCUT2D eigenvalue weighted by molar-refractivity contribution is 0.613. The summed E-state index contributed by atoms with van der Waals surface area (Å²) in [6, 6.07) is 0. The van der Waals surface area contributed by atoms with Crippen molar-refractivity contribution in [1.82, 2.24) is 0 Å². The van der Waals surface area contributed by atoms with Crippen molar-refractivity contribution >= 4 is 0 Å². The molecule has 0 nitrogen and oxygen atoms in total. The van der Waals surface area contributed by atoms with Crippen molar-refractivity contribution in [2.24, 2.45) is 0 Å². The fourth-order valence-electron chi connectivity index (χ4n) is 2.03. The van der Waals surface area contributed by atoms with E-state index in [4.69, 9.17) is 0 Å². The van der Waals surface area contributed by atoms with Crippen LogP contribution in [0.25, 0.3) is 0 Å². The molecule has 0 heteroatoms. The van der Waals surface area contributed by atoms with Gasteiger partial charge in [-0.25, -0.2) is 0 Å². The van der Waals surface area contributed by atoms with Crippen LogP contribution in [0, 0.1) is 11.8 Å². The Morgan fingerprint density at radius 2 is 1.22 bits per heavy atom. The van der Waals surface area contributed by atoms with Crippen LogP contribution < -0.4 is 0 Å². The molecule has 0 unspecified atom stereocenters. The van der Waals surface area contributed by atoms with Crippen LogP contribution in [0.3, 0.4) is 0 Å². The van der Waals surface area contributed by atoms with E-state index in [0.717, 1.165) is 12.8 Å².